The first-order valence-corrected chi connectivity index (χ1v) is 11.0. The van der Waals surface area contributed by atoms with E-state index in [1.807, 2.05) is 13.0 Å². The molecule has 0 aliphatic heterocycles. The third-order valence-electron chi connectivity index (χ3n) is 5.04. The third kappa shape index (κ3) is 8.04. The standard InChI is InChI=1S/C25H39NO3/c1-7-8-9-13-20-22(26-16-18(4)5)23(27)21(25(29)24(20)28)15-14-19(6)12-10-11-17(2)3/h11,14,18,26,29H,7-10,12-13,15-16H2,1-6H3. The van der Waals surface area contributed by atoms with Crippen LogP contribution in [0.4, 0.5) is 0 Å². The van der Waals surface area contributed by atoms with E-state index in [0.717, 1.165) is 37.7 Å². The van der Waals surface area contributed by atoms with Crippen molar-refractivity contribution < 1.29 is 14.7 Å². The number of unbranched alkanes of at least 4 members (excludes halogenated alkanes) is 2. The van der Waals surface area contributed by atoms with Crippen LogP contribution in [0.1, 0.15) is 86.5 Å². The Bertz CT molecular complexity index is 716. The van der Waals surface area contributed by atoms with Gasteiger partial charge in [0.15, 0.2) is 5.76 Å². The maximum Gasteiger partial charge on any atom is 0.225 e. The molecule has 0 aromatic heterocycles. The van der Waals surface area contributed by atoms with E-state index in [-0.39, 0.29) is 23.5 Å². The predicted molar refractivity (Wildman–Crippen MR) is 121 cm³/mol. The summed E-state index contributed by atoms with van der Waals surface area (Å²) >= 11 is 0. The highest BCUT2D eigenvalue weighted by atomic mass is 16.3. The van der Waals surface area contributed by atoms with Crippen molar-refractivity contribution >= 4 is 11.6 Å². The molecule has 0 bridgehead atoms. The molecule has 1 aliphatic carbocycles. The van der Waals surface area contributed by atoms with Gasteiger partial charge in [-0.2, -0.15) is 0 Å². The quantitative estimate of drug-likeness (QED) is 0.235. The van der Waals surface area contributed by atoms with Crippen LogP contribution in [-0.4, -0.2) is 23.2 Å². The smallest absolute Gasteiger partial charge is 0.225 e. The number of carbonyl (C=O) groups is 2. The van der Waals surface area contributed by atoms with E-state index >= 15 is 0 Å². The van der Waals surface area contributed by atoms with Gasteiger partial charge in [0.1, 0.15) is 0 Å². The minimum Gasteiger partial charge on any atom is -0.504 e. The number of Topliss-reactive ketones (excluding diaryl/α,β-unsaturated/α-hetero) is 2. The molecule has 0 aromatic rings. The average molecular weight is 402 g/mol. The number of rotatable bonds is 12. The van der Waals surface area contributed by atoms with Crippen LogP contribution >= 0.6 is 0 Å². The van der Waals surface area contributed by atoms with Crippen LogP contribution < -0.4 is 5.32 Å². The Morgan fingerprint density at radius 1 is 1.03 bits per heavy atom. The number of ketones is 2. The number of hydrogen-bond donors (Lipinski definition) is 2. The summed E-state index contributed by atoms with van der Waals surface area (Å²) in [5.74, 6) is -0.646. The van der Waals surface area contributed by atoms with Crippen molar-refractivity contribution in [3.05, 3.63) is 45.9 Å². The Morgan fingerprint density at radius 3 is 2.31 bits per heavy atom. The number of aliphatic hydroxyl groups is 1. The lowest BCUT2D eigenvalue weighted by atomic mass is 9.87. The van der Waals surface area contributed by atoms with E-state index in [0.29, 0.717) is 30.2 Å². The molecule has 0 unspecified atom stereocenters. The molecular weight excluding hydrogens is 362 g/mol. The highest BCUT2D eigenvalue weighted by Crippen LogP contribution is 2.28. The molecule has 0 saturated heterocycles. The Labute approximate surface area is 176 Å². The fourth-order valence-electron chi connectivity index (χ4n) is 3.23. The third-order valence-corrected chi connectivity index (χ3v) is 5.04. The number of nitrogens with one attached hydrogen (secondary N) is 1. The number of hydrogen-bond acceptors (Lipinski definition) is 4. The fraction of sp³-hybridized carbons (Fsp3) is 0.600. The lowest BCUT2D eigenvalue weighted by Crippen LogP contribution is -2.33. The molecule has 0 amide bonds. The van der Waals surface area contributed by atoms with Crippen molar-refractivity contribution in [1.82, 2.24) is 5.32 Å². The zero-order valence-electron chi connectivity index (χ0n) is 19.2. The second-order valence-electron chi connectivity index (χ2n) is 8.65. The van der Waals surface area contributed by atoms with Crippen molar-refractivity contribution in [2.75, 3.05) is 6.54 Å². The maximum atomic E-state index is 13.1. The highest BCUT2D eigenvalue weighted by molar-refractivity contribution is 6.24. The van der Waals surface area contributed by atoms with Gasteiger partial charge in [-0.25, -0.2) is 0 Å². The van der Waals surface area contributed by atoms with Crippen LogP contribution in [-0.2, 0) is 9.59 Å². The van der Waals surface area contributed by atoms with Gasteiger partial charge in [0.2, 0.25) is 11.6 Å². The van der Waals surface area contributed by atoms with Crippen LogP contribution in [0.2, 0.25) is 0 Å². The van der Waals surface area contributed by atoms with E-state index in [1.54, 1.807) is 0 Å². The molecule has 0 spiro atoms. The number of carbonyl (C=O) groups excluding carboxylic acids is 2. The molecule has 0 atom stereocenters. The fourth-order valence-corrected chi connectivity index (χ4v) is 3.23. The van der Waals surface area contributed by atoms with Gasteiger partial charge in [-0.05, 0) is 58.8 Å². The second-order valence-corrected chi connectivity index (χ2v) is 8.65. The molecule has 0 aromatic carbocycles. The van der Waals surface area contributed by atoms with Crippen molar-refractivity contribution in [2.24, 2.45) is 5.92 Å². The maximum absolute atomic E-state index is 13.1. The molecule has 4 heteroatoms. The minimum atomic E-state index is -0.391. The van der Waals surface area contributed by atoms with Crippen molar-refractivity contribution in [2.45, 2.75) is 86.5 Å². The normalized spacial score (nSPS) is 15.5. The van der Waals surface area contributed by atoms with Gasteiger partial charge >= 0.3 is 0 Å². The molecular formula is C25H39NO3. The summed E-state index contributed by atoms with van der Waals surface area (Å²) in [6.07, 6.45) is 9.66. The Morgan fingerprint density at radius 2 is 1.72 bits per heavy atom. The van der Waals surface area contributed by atoms with Crippen LogP contribution in [0.25, 0.3) is 0 Å². The average Bonchev–Trinajstić information content (AvgIpc) is 2.64. The summed E-state index contributed by atoms with van der Waals surface area (Å²) in [7, 11) is 0. The molecule has 0 saturated carbocycles. The summed E-state index contributed by atoms with van der Waals surface area (Å²) < 4.78 is 0. The highest BCUT2D eigenvalue weighted by Gasteiger charge is 2.33. The number of allylic oxidation sites excluding steroid dienone is 6. The second kappa shape index (κ2) is 12.5. The molecule has 162 valence electrons. The van der Waals surface area contributed by atoms with Crippen LogP contribution in [0.5, 0.6) is 0 Å². The Hall–Kier alpha value is -2.10. The van der Waals surface area contributed by atoms with Crippen LogP contribution in [0, 0.1) is 5.92 Å². The first kappa shape index (κ1) is 24.9. The molecule has 0 fully saturated rings. The van der Waals surface area contributed by atoms with Crippen molar-refractivity contribution in [3.8, 4) is 0 Å². The van der Waals surface area contributed by atoms with E-state index < -0.39 is 5.78 Å². The van der Waals surface area contributed by atoms with E-state index in [1.165, 1.54) is 5.57 Å². The van der Waals surface area contributed by atoms with Crippen molar-refractivity contribution in [3.63, 3.8) is 0 Å². The molecule has 1 aliphatic rings. The van der Waals surface area contributed by atoms with Gasteiger partial charge in [-0.15, -0.1) is 0 Å². The Balaban J connectivity index is 3.04. The van der Waals surface area contributed by atoms with E-state index in [9.17, 15) is 14.7 Å². The molecule has 1 rings (SSSR count). The van der Waals surface area contributed by atoms with Gasteiger partial charge in [-0.3, -0.25) is 9.59 Å². The van der Waals surface area contributed by atoms with Crippen molar-refractivity contribution in [1.29, 1.82) is 0 Å². The van der Waals surface area contributed by atoms with E-state index in [4.69, 9.17) is 0 Å². The molecule has 2 N–H and O–H groups in total. The van der Waals surface area contributed by atoms with E-state index in [2.05, 4.69) is 46.0 Å². The summed E-state index contributed by atoms with van der Waals surface area (Å²) in [6, 6.07) is 0. The lowest BCUT2D eigenvalue weighted by molar-refractivity contribution is -0.118. The van der Waals surface area contributed by atoms with Gasteiger partial charge in [-0.1, -0.05) is 56.9 Å². The molecule has 29 heavy (non-hydrogen) atoms. The topological polar surface area (TPSA) is 66.4 Å². The van der Waals surface area contributed by atoms with Gasteiger partial charge in [0, 0.05) is 12.1 Å². The predicted octanol–water partition coefficient (Wildman–Crippen LogP) is 6.11. The minimum absolute atomic E-state index is 0.210. The zero-order valence-corrected chi connectivity index (χ0v) is 19.2. The lowest BCUT2D eigenvalue weighted by Gasteiger charge is -2.23. The monoisotopic (exact) mass is 401 g/mol. The Kier molecular flexibility index (Phi) is 10.7. The SMILES string of the molecule is CCCCCC1=C(NCC(C)C)C(=O)C(CC=C(C)CCC=C(C)C)=C(O)C1=O. The van der Waals surface area contributed by atoms with Gasteiger partial charge in [0.05, 0.1) is 11.3 Å². The van der Waals surface area contributed by atoms with Crippen LogP contribution in [0.3, 0.4) is 0 Å². The zero-order chi connectivity index (χ0) is 22.0. The van der Waals surface area contributed by atoms with Gasteiger partial charge < -0.3 is 10.4 Å². The summed E-state index contributed by atoms with van der Waals surface area (Å²) in [5, 5.41) is 13.7. The summed E-state index contributed by atoms with van der Waals surface area (Å²) in [6.45, 7) is 13.0. The number of aliphatic hydroxyl groups excluding tert-OH is 1. The van der Waals surface area contributed by atoms with Gasteiger partial charge in [0.25, 0.3) is 0 Å². The molecule has 0 radical (unpaired) electrons. The largest absolute Gasteiger partial charge is 0.504 e. The first-order chi connectivity index (χ1) is 13.7. The summed E-state index contributed by atoms with van der Waals surface area (Å²) in [5.41, 5.74) is 3.48. The first-order valence-electron chi connectivity index (χ1n) is 11.0. The molecule has 0 heterocycles. The summed E-state index contributed by atoms with van der Waals surface area (Å²) in [4.78, 5) is 26.0. The molecule has 4 nitrogen and oxygen atoms in total. The van der Waals surface area contributed by atoms with Crippen LogP contribution in [0.15, 0.2) is 45.9 Å².